The summed E-state index contributed by atoms with van der Waals surface area (Å²) < 4.78 is 5.84. The van der Waals surface area contributed by atoms with Crippen LogP contribution in [0.2, 0.25) is 5.02 Å². The number of benzene rings is 1. The number of aliphatic hydroxyl groups is 1. The smallest absolute Gasteiger partial charge is 0.152 e. The standard InChI is InChI=1S/C14H15ClO2/c15-12-6-2-4-10-8-13(17-14(10)12)9-3-1-5-11(16)7-9/h2,4,6,8-9,11,16H,1,3,5,7H2. The first-order chi connectivity index (χ1) is 8.24. The Labute approximate surface area is 105 Å². The lowest BCUT2D eigenvalue weighted by atomic mass is 9.86. The van der Waals surface area contributed by atoms with Gasteiger partial charge in [0.2, 0.25) is 0 Å². The molecule has 1 aromatic carbocycles. The van der Waals surface area contributed by atoms with Gasteiger partial charge in [0.15, 0.2) is 5.58 Å². The number of para-hydroxylation sites is 1. The topological polar surface area (TPSA) is 33.4 Å². The summed E-state index contributed by atoms with van der Waals surface area (Å²) in [7, 11) is 0. The first-order valence-corrected chi connectivity index (χ1v) is 6.48. The Morgan fingerprint density at radius 2 is 2.18 bits per heavy atom. The van der Waals surface area contributed by atoms with Crippen LogP contribution in [0.4, 0.5) is 0 Å². The lowest BCUT2D eigenvalue weighted by Crippen LogP contribution is -2.17. The van der Waals surface area contributed by atoms with E-state index >= 15 is 0 Å². The summed E-state index contributed by atoms with van der Waals surface area (Å²) in [6.45, 7) is 0. The van der Waals surface area contributed by atoms with Gasteiger partial charge in [0.05, 0.1) is 11.1 Å². The highest BCUT2D eigenvalue weighted by atomic mass is 35.5. The molecule has 0 amide bonds. The van der Waals surface area contributed by atoms with Crippen LogP contribution in [0.5, 0.6) is 0 Å². The molecule has 2 aromatic rings. The van der Waals surface area contributed by atoms with Crippen LogP contribution >= 0.6 is 11.6 Å². The van der Waals surface area contributed by atoms with Crippen LogP contribution in [0.25, 0.3) is 11.0 Å². The van der Waals surface area contributed by atoms with Gasteiger partial charge in [0, 0.05) is 11.3 Å². The quantitative estimate of drug-likeness (QED) is 0.827. The zero-order valence-electron chi connectivity index (χ0n) is 9.53. The molecule has 3 rings (SSSR count). The molecule has 3 heteroatoms. The molecule has 2 nitrogen and oxygen atoms in total. The molecule has 2 atom stereocenters. The zero-order valence-corrected chi connectivity index (χ0v) is 10.3. The second kappa shape index (κ2) is 4.35. The van der Waals surface area contributed by atoms with Gasteiger partial charge >= 0.3 is 0 Å². The van der Waals surface area contributed by atoms with Crippen molar-refractivity contribution in [2.24, 2.45) is 0 Å². The molecule has 1 N–H and O–H groups in total. The van der Waals surface area contributed by atoms with Crippen molar-refractivity contribution in [2.75, 3.05) is 0 Å². The molecule has 0 saturated heterocycles. The van der Waals surface area contributed by atoms with Crippen molar-refractivity contribution in [1.29, 1.82) is 0 Å². The summed E-state index contributed by atoms with van der Waals surface area (Å²) in [5.74, 6) is 1.30. The van der Waals surface area contributed by atoms with Crippen LogP contribution in [0.3, 0.4) is 0 Å². The molecule has 0 spiro atoms. The summed E-state index contributed by atoms with van der Waals surface area (Å²) in [5, 5.41) is 11.4. The predicted octanol–water partition coefficient (Wildman–Crippen LogP) is 4.10. The number of halogens is 1. The normalized spacial score (nSPS) is 25.3. The second-order valence-electron chi connectivity index (χ2n) is 4.82. The van der Waals surface area contributed by atoms with Crippen LogP contribution in [0, 0.1) is 0 Å². The minimum absolute atomic E-state index is 0.183. The predicted molar refractivity (Wildman–Crippen MR) is 68.4 cm³/mol. The van der Waals surface area contributed by atoms with Gasteiger partial charge in [-0.05, 0) is 31.4 Å². The average Bonchev–Trinajstić information content (AvgIpc) is 2.74. The molecule has 90 valence electrons. The van der Waals surface area contributed by atoms with Crippen molar-refractivity contribution in [3.63, 3.8) is 0 Å². The van der Waals surface area contributed by atoms with E-state index in [1.165, 1.54) is 0 Å². The third kappa shape index (κ3) is 2.07. The van der Waals surface area contributed by atoms with Gasteiger partial charge in [-0.2, -0.15) is 0 Å². The number of aliphatic hydroxyl groups excluding tert-OH is 1. The molecule has 0 aliphatic heterocycles. The van der Waals surface area contributed by atoms with E-state index in [-0.39, 0.29) is 6.10 Å². The van der Waals surface area contributed by atoms with Gasteiger partial charge in [-0.1, -0.05) is 30.2 Å². The molecule has 17 heavy (non-hydrogen) atoms. The molecule has 1 heterocycles. The maximum absolute atomic E-state index is 9.70. The molecule has 0 bridgehead atoms. The minimum atomic E-state index is -0.183. The van der Waals surface area contributed by atoms with Crippen LogP contribution in [0.1, 0.15) is 37.4 Å². The second-order valence-corrected chi connectivity index (χ2v) is 5.23. The molecule has 0 radical (unpaired) electrons. The van der Waals surface area contributed by atoms with Gasteiger partial charge in [0.1, 0.15) is 5.76 Å². The van der Waals surface area contributed by atoms with Crippen LogP contribution in [0.15, 0.2) is 28.7 Å². The fraction of sp³-hybridized carbons (Fsp3) is 0.429. The van der Waals surface area contributed by atoms with Crippen molar-refractivity contribution in [3.05, 3.63) is 35.0 Å². The number of rotatable bonds is 1. The van der Waals surface area contributed by atoms with Crippen molar-refractivity contribution in [2.45, 2.75) is 37.7 Å². The SMILES string of the molecule is OC1CCCC(c2cc3cccc(Cl)c3o2)C1. The summed E-state index contributed by atoms with van der Waals surface area (Å²) in [5.41, 5.74) is 0.768. The van der Waals surface area contributed by atoms with E-state index in [2.05, 4.69) is 6.07 Å². The highest BCUT2D eigenvalue weighted by molar-refractivity contribution is 6.34. The Balaban J connectivity index is 1.97. The van der Waals surface area contributed by atoms with Crippen molar-refractivity contribution >= 4 is 22.6 Å². The maximum Gasteiger partial charge on any atom is 0.152 e. The molecule has 2 unspecified atom stereocenters. The fourth-order valence-corrected chi connectivity index (χ4v) is 2.89. The highest BCUT2D eigenvalue weighted by Gasteiger charge is 2.24. The third-order valence-corrected chi connectivity index (χ3v) is 3.86. The van der Waals surface area contributed by atoms with E-state index in [0.29, 0.717) is 10.9 Å². The Bertz CT molecular complexity index is 532. The van der Waals surface area contributed by atoms with E-state index in [1.807, 2.05) is 18.2 Å². The third-order valence-electron chi connectivity index (χ3n) is 3.56. The van der Waals surface area contributed by atoms with Crippen molar-refractivity contribution in [1.82, 2.24) is 0 Å². The molecule has 1 fully saturated rings. The Hall–Kier alpha value is -0.990. The molecule has 1 aromatic heterocycles. The summed E-state index contributed by atoms with van der Waals surface area (Å²) in [6, 6.07) is 7.84. The van der Waals surface area contributed by atoms with Crippen LogP contribution < -0.4 is 0 Å². The number of furan rings is 1. The fourth-order valence-electron chi connectivity index (χ4n) is 2.67. The number of hydrogen-bond acceptors (Lipinski definition) is 2. The van der Waals surface area contributed by atoms with Crippen molar-refractivity contribution < 1.29 is 9.52 Å². The zero-order chi connectivity index (χ0) is 11.8. The Kier molecular flexibility index (Phi) is 2.85. The van der Waals surface area contributed by atoms with Crippen LogP contribution in [-0.2, 0) is 0 Å². The lowest BCUT2D eigenvalue weighted by Gasteiger charge is -2.23. The Morgan fingerprint density at radius 1 is 1.29 bits per heavy atom. The van der Waals surface area contributed by atoms with E-state index in [4.69, 9.17) is 16.0 Å². The number of hydrogen-bond donors (Lipinski definition) is 1. The maximum atomic E-state index is 9.70. The molecular weight excluding hydrogens is 236 g/mol. The number of fused-ring (bicyclic) bond motifs is 1. The lowest BCUT2D eigenvalue weighted by molar-refractivity contribution is 0.115. The first-order valence-electron chi connectivity index (χ1n) is 6.10. The van der Waals surface area contributed by atoms with Gasteiger partial charge in [-0.15, -0.1) is 0 Å². The van der Waals surface area contributed by atoms with Gasteiger partial charge in [-0.3, -0.25) is 0 Å². The van der Waals surface area contributed by atoms with Crippen molar-refractivity contribution in [3.8, 4) is 0 Å². The largest absolute Gasteiger partial charge is 0.459 e. The van der Waals surface area contributed by atoms with Crippen LogP contribution in [-0.4, -0.2) is 11.2 Å². The van der Waals surface area contributed by atoms with E-state index < -0.39 is 0 Å². The monoisotopic (exact) mass is 250 g/mol. The highest BCUT2D eigenvalue weighted by Crippen LogP contribution is 2.37. The molecule has 1 aliphatic rings. The van der Waals surface area contributed by atoms with E-state index in [0.717, 1.165) is 42.4 Å². The minimum Gasteiger partial charge on any atom is -0.459 e. The van der Waals surface area contributed by atoms with Gasteiger partial charge in [-0.25, -0.2) is 0 Å². The van der Waals surface area contributed by atoms with E-state index in [1.54, 1.807) is 0 Å². The summed E-state index contributed by atoms with van der Waals surface area (Å²) >= 11 is 6.09. The molecular formula is C14H15ClO2. The molecule has 1 saturated carbocycles. The average molecular weight is 251 g/mol. The Morgan fingerprint density at radius 3 is 2.94 bits per heavy atom. The summed E-state index contributed by atoms with van der Waals surface area (Å²) in [4.78, 5) is 0. The van der Waals surface area contributed by atoms with E-state index in [9.17, 15) is 5.11 Å². The first kappa shape index (κ1) is 11.1. The summed E-state index contributed by atoms with van der Waals surface area (Å²) in [6.07, 6.45) is 3.69. The van der Waals surface area contributed by atoms with Gasteiger partial charge in [0.25, 0.3) is 0 Å². The molecule has 1 aliphatic carbocycles. The van der Waals surface area contributed by atoms with Gasteiger partial charge < -0.3 is 9.52 Å².